The molecule has 8 heteroatoms. The predicted octanol–water partition coefficient (Wildman–Crippen LogP) is 4.63. The van der Waals surface area contributed by atoms with Gasteiger partial charge in [0, 0.05) is 15.2 Å². The first-order valence-electron chi connectivity index (χ1n) is 11.2. The summed E-state index contributed by atoms with van der Waals surface area (Å²) in [5, 5.41) is 0. The average molecular weight is 589 g/mol. The Balaban J connectivity index is 1.36. The van der Waals surface area contributed by atoms with Crippen molar-refractivity contribution in [2.45, 2.75) is 29.9 Å². The molecule has 0 aromatic heterocycles. The summed E-state index contributed by atoms with van der Waals surface area (Å²) in [6.07, 6.45) is 0.830. The lowest BCUT2D eigenvalue weighted by Gasteiger charge is -2.28. The quantitative estimate of drug-likeness (QED) is 0.220. The lowest BCUT2D eigenvalue weighted by Crippen LogP contribution is -2.37. The van der Waals surface area contributed by atoms with E-state index in [9.17, 15) is 19.2 Å². The SMILES string of the molecule is Cc1ccc(C(=O)COC(=O)c2ccccc2N2C(=O)[C@@H]3[C@H]4C[C@@H]([C@H](Br)[C@H]4Br)[C@H]3C2=O)cc1C. The maximum Gasteiger partial charge on any atom is 0.340 e. The number of benzene rings is 2. The maximum atomic E-state index is 13.4. The number of amides is 2. The molecular weight excluding hydrogens is 566 g/mol. The van der Waals surface area contributed by atoms with Gasteiger partial charge in [-0.2, -0.15) is 0 Å². The zero-order chi connectivity index (χ0) is 24.3. The standard InChI is InChI=1S/C26H23Br2NO5/c1-12-7-8-14(9-13(12)2)19(30)11-34-26(33)15-5-3-4-6-18(15)29-24(31)20-16-10-17(21(20)25(29)32)23(28)22(16)27/h3-9,16-17,20-23H,10-11H2,1-2H3/t16-,17-,20-,21-,22+,23+/m1/s1. The zero-order valence-corrected chi connectivity index (χ0v) is 21.8. The van der Waals surface area contributed by atoms with E-state index in [2.05, 4.69) is 31.9 Å². The number of alkyl halides is 2. The van der Waals surface area contributed by atoms with E-state index in [4.69, 9.17) is 4.74 Å². The smallest absolute Gasteiger partial charge is 0.340 e. The van der Waals surface area contributed by atoms with Crippen molar-refractivity contribution in [3.05, 3.63) is 64.7 Å². The van der Waals surface area contributed by atoms with E-state index in [0.29, 0.717) is 5.56 Å². The summed E-state index contributed by atoms with van der Waals surface area (Å²) in [5.41, 5.74) is 2.82. The average Bonchev–Trinajstić information content (AvgIpc) is 3.43. The van der Waals surface area contributed by atoms with Crippen LogP contribution in [-0.2, 0) is 14.3 Å². The Morgan fingerprint density at radius 3 is 2.18 bits per heavy atom. The molecule has 1 aliphatic heterocycles. The molecule has 2 bridgehead atoms. The minimum atomic E-state index is -0.745. The molecule has 3 aliphatic rings. The maximum absolute atomic E-state index is 13.4. The lowest BCUT2D eigenvalue weighted by atomic mass is 9.81. The van der Waals surface area contributed by atoms with Crippen molar-refractivity contribution in [1.29, 1.82) is 0 Å². The third kappa shape index (κ3) is 3.57. The molecule has 6 atom stereocenters. The van der Waals surface area contributed by atoms with Gasteiger partial charge in [-0.25, -0.2) is 9.69 Å². The van der Waals surface area contributed by atoms with E-state index >= 15 is 0 Å². The number of carbonyl (C=O) groups excluding carboxylic acids is 4. The first kappa shape index (κ1) is 23.4. The van der Waals surface area contributed by atoms with Crippen molar-refractivity contribution in [2.75, 3.05) is 11.5 Å². The third-order valence-corrected chi connectivity index (χ3v) is 10.7. The minimum absolute atomic E-state index is 0.0792. The van der Waals surface area contributed by atoms with Gasteiger partial charge in [0.2, 0.25) is 11.8 Å². The normalized spacial score (nSPS) is 29.5. The summed E-state index contributed by atoms with van der Waals surface area (Å²) in [6, 6.07) is 11.7. The highest BCUT2D eigenvalue weighted by Crippen LogP contribution is 2.60. The Bertz CT molecular complexity index is 1200. The van der Waals surface area contributed by atoms with Crippen molar-refractivity contribution in [3.63, 3.8) is 0 Å². The number of halogens is 2. The molecule has 2 aromatic carbocycles. The van der Waals surface area contributed by atoms with E-state index in [0.717, 1.165) is 22.4 Å². The molecule has 34 heavy (non-hydrogen) atoms. The van der Waals surface area contributed by atoms with Crippen LogP contribution in [0.3, 0.4) is 0 Å². The van der Waals surface area contributed by atoms with Gasteiger partial charge >= 0.3 is 5.97 Å². The van der Waals surface area contributed by atoms with Gasteiger partial charge in [-0.05, 0) is 61.4 Å². The van der Waals surface area contributed by atoms with Gasteiger partial charge in [-0.1, -0.05) is 56.1 Å². The number of para-hydroxylation sites is 1. The Morgan fingerprint density at radius 1 is 0.941 bits per heavy atom. The van der Waals surface area contributed by atoms with Gasteiger partial charge in [0.1, 0.15) is 0 Å². The number of ketones is 1. The van der Waals surface area contributed by atoms with E-state index in [1.54, 1.807) is 30.3 Å². The Labute approximate surface area is 214 Å². The van der Waals surface area contributed by atoms with Crippen LogP contribution in [0.25, 0.3) is 0 Å². The van der Waals surface area contributed by atoms with E-state index in [1.807, 2.05) is 19.9 Å². The topological polar surface area (TPSA) is 80.8 Å². The highest BCUT2D eigenvalue weighted by molar-refractivity contribution is 9.12. The number of anilines is 1. The molecule has 2 saturated carbocycles. The lowest BCUT2D eigenvalue weighted by molar-refractivity contribution is -0.123. The molecule has 1 heterocycles. The number of carbonyl (C=O) groups is 4. The molecule has 6 nitrogen and oxygen atoms in total. The Hall–Kier alpha value is -2.32. The van der Waals surface area contributed by atoms with Crippen LogP contribution in [-0.4, -0.2) is 39.8 Å². The Morgan fingerprint density at radius 2 is 1.56 bits per heavy atom. The molecule has 1 saturated heterocycles. The number of hydrogen-bond acceptors (Lipinski definition) is 5. The summed E-state index contributed by atoms with van der Waals surface area (Å²) in [6.45, 7) is 3.44. The number of aryl methyl sites for hydroxylation is 2. The largest absolute Gasteiger partial charge is 0.454 e. The van der Waals surface area contributed by atoms with E-state index in [1.165, 1.54) is 6.07 Å². The van der Waals surface area contributed by atoms with Gasteiger partial charge in [-0.15, -0.1) is 0 Å². The van der Waals surface area contributed by atoms with Crippen molar-refractivity contribution in [1.82, 2.24) is 0 Å². The summed E-state index contributed by atoms with van der Waals surface area (Å²) >= 11 is 7.37. The van der Waals surface area contributed by atoms with Gasteiger partial charge in [-0.3, -0.25) is 14.4 Å². The summed E-state index contributed by atoms with van der Waals surface area (Å²) in [7, 11) is 0. The molecule has 0 unspecified atom stereocenters. The Kier molecular flexibility index (Phi) is 6.01. The second kappa shape index (κ2) is 8.72. The van der Waals surface area contributed by atoms with Crippen LogP contribution in [0.5, 0.6) is 0 Å². The summed E-state index contributed by atoms with van der Waals surface area (Å²) in [4.78, 5) is 53.7. The molecule has 0 N–H and O–H groups in total. The van der Waals surface area contributed by atoms with Gasteiger partial charge in [0.15, 0.2) is 12.4 Å². The van der Waals surface area contributed by atoms with Crippen LogP contribution < -0.4 is 4.90 Å². The van der Waals surface area contributed by atoms with Gasteiger partial charge in [0.05, 0.1) is 23.1 Å². The van der Waals surface area contributed by atoms with Crippen molar-refractivity contribution < 1.29 is 23.9 Å². The molecule has 2 amide bonds. The van der Waals surface area contributed by atoms with Crippen LogP contribution in [0, 0.1) is 37.5 Å². The number of fused-ring (bicyclic) bond motifs is 5. The fourth-order valence-electron chi connectivity index (χ4n) is 5.63. The monoisotopic (exact) mass is 587 g/mol. The van der Waals surface area contributed by atoms with Crippen LogP contribution in [0.15, 0.2) is 42.5 Å². The van der Waals surface area contributed by atoms with Gasteiger partial charge < -0.3 is 4.74 Å². The molecule has 5 rings (SSSR count). The second-order valence-electron chi connectivity index (χ2n) is 9.33. The first-order chi connectivity index (χ1) is 16.2. The zero-order valence-electron chi connectivity index (χ0n) is 18.7. The second-order valence-corrected chi connectivity index (χ2v) is 11.4. The van der Waals surface area contributed by atoms with Crippen LogP contribution >= 0.6 is 31.9 Å². The molecular formula is C26H23Br2NO5. The summed E-state index contributed by atoms with van der Waals surface area (Å²) < 4.78 is 5.32. The highest BCUT2D eigenvalue weighted by Gasteiger charge is 2.66. The van der Waals surface area contributed by atoms with Crippen molar-refractivity contribution in [2.24, 2.45) is 23.7 Å². The fraction of sp³-hybridized carbons (Fsp3) is 0.385. The van der Waals surface area contributed by atoms with E-state index in [-0.39, 0.29) is 62.2 Å². The number of nitrogens with zero attached hydrogens (tertiary/aromatic N) is 1. The first-order valence-corrected chi connectivity index (χ1v) is 13.1. The molecule has 0 spiro atoms. The number of esters is 1. The van der Waals surface area contributed by atoms with Crippen LogP contribution in [0.4, 0.5) is 5.69 Å². The van der Waals surface area contributed by atoms with E-state index < -0.39 is 12.6 Å². The number of ether oxygens (including phenoxy) is 1. The molecule has 2 aromatic rings. The number of Topliss-reactive ketones (excluding diaryl/α,β-unsaturated/α-hetero) is 1. The highest BCUT2D eigenvalue weighted by atomic mass is 79.9. The number of imide groups is 1. The minimum Gasteiger partial charge on any atom is -0.454 e. The van der Waals surface area contributed by atoms with Crippen molar-refractivity contribution >= 4 is 61.1 Å². The number of rotatable bonds is 5. The third-order valence-electron chi connectivity index (χ3n) is 7.52. The number of hydrogen-bond donors (Lipinski definition) is 0. The molecule has 3 fully saturated rings. The molecule has 2 aliphatic carbocycles. The van der Waals surface area contributed by atoms with Crippen LogP contribution in [0.1, 0.15) is 38.3 Å². The van der Waals surface area contributed by atoms with Gasteiger partial charge in [0.25, 0.3) is 0 Å². The predicted molar refractivity (Wildman–Crippen MR) is 133 cm³/mol. The molecule has 176 valence electrons. The molecule has 0 radical (unpaired) electrons. The fourth-order valence-corrected chi connectivity index (χ4v) is 7.51. The van der Waals surface area contributed by atoms with Crippen molar-refractivity contribution in [3.8, 4) is 0 Å². The summed E-state index contributed by atoms with van der Waals surface area (Å²) in [5.74, 6) is -2.20. The van der Waals surface area contributed by atoms with Crippen LogP contribution in [0.2, 0.25) is 0 Å².